The molecular formula is C11H6BrClN4. The van der Waals surface area contributed by atoms with E-state index in [-0.39, 0.29) is 0 Å². The molecule has 0 radical (unpaired) electrons. The van der Waals surface area contributed by atoms with Gasteiger partial charge in [0.1, 0.15) is 0 Å². The minimum Gasteiger partial charge on any atom is -0.278 e. The van der Waals surface area contributed by atoms with Gasteiger partial charge in [-0.2, -0.15) is 0 Å². The molecule has 17 heavy (non-hydrogen) atoms. The first kappa shape index (κ1) is 10.7. The molecule has 0 saturated carbocycles. The van der Waals surface area contributed by atoms with E-state index in [2.05, 4.69) is 31.1 Å². The second-order valence-corrected chi connectivity index (χ2v) is 4.72. The molecule has 0 amide bonds. The van der Waals surface area contributed by atoms with Gasteiger partial charge >= 0.3 is 0 Å². The van der Waals surface area contributed by atoms with Crippen LogP contribution in [0.25, 0.3) is 17.0 Å². The second-order valence-electron chi connectivity index (χ2n) is 3.45. The molecule has 0 spiro atoms. The SMILES string of the molecule is Clc1nccn2c(-c3cccc(Br)c3)nnc12. The Bertz CT molecular complexity index is 695. The summed E-state index contributed by atoms with van der Waals surface area (Å²) in [4.78, 5) is 3.96. The Labute approximate surface area is 110 Å². The quantitative estimate of drug-likeness (QED) is 0.693. The van der Waals surface area contributed by atoms with Crippen molar-refractivity contribution in [2.24, 2.45) is 0 Å². The number of nitrogens with zero attached hydrogens (tertiary/aromatic N) is 4. The number of hydrogen-bond donors (Lipinski definition) is 0. The van der Waals surface area contributed by atoms with Gasteiger partial charge in [0.15, 0.2) is 16.6 Å². The van der Waals surface area contributed by atoms with Crippen LogP contribution < -0.4 is 0 Å². The van der Waals surface area contributed by atoms with Crippen LogP contribution in [-0.2, 0) is 0 Å². The molecule has 2 heterocycles. The molecule has 3 aromatic rings. The first-order valence-electron chi connectivity index (χ1n) is 4.87. The van der Waals surface area contributed by atoms with Crippen LogP contribution in [0.4, 0.5) is 0 Å². The van der Waals surface area contributed by atoms with E-state index >= 15 is 0 Å². The standard InChI is InChI=1S/C11H6BrClN4/c12-8-3-1-2-7(6-8)10-15-16-11-9(13)14-4-5-17(10)11/h1-6H. The van der Waals surface area contributed by atoms with Crippen molar-refractivity contribution in [1.29, 1.82) is 0 Å². The van der Waals surface area contributed by atoms with Crippen molar-refractivity contribution in [3.8, 4) is 11.4 Å². The van der Waals surface area contributed by atoms with Crippen LogP contribution in [0, 0.1) is 0 Å². The molecule has 1 aromatic carbocycles. The summed E-state index contributed by atoms with van der Waals surface area (Å²) in [6.45, 7) is 0. The van der Waals surface area contributed by atoms with E-state index < -0.39 is 0 Å². The summed E-state index contributed by atoms with van der Waals surface area (Å²) in [7, 11) is 0. The number of halogens is 2. The summed E-state index contributed by atoms with van der Waals surface area (Å²) in [5.74, 6) is 0.741. The lowest BCUT2D eigenvalue weighted by atomic mass is 10.2. The molecular weight excluding hydrogens is 304 g/mol. The highest BCUT2D eigenvalue weighted by atomic mass is 79.9. The van der Waals surface area contributed by atoms with Crippen LogP contribution in [0.1, 0.15) is 0 Å². The average Bonchev–Trinajstić information content (AvgIpc) is 2.74. The van der Waals surface area contributed by atoms with Crippen molar-refractivity contribution in [1.82, 2.24) is 19.6 Å². The first-order valence-corrected chi connectivity index (χ1v) is 6.04. The van der Waals surface area contributed by atoms with Gasteiger partial charge in [-0.3, -0.25) is 4.40 Å². The van der Waals surface area contributed by atoms with Crippen molar-refractivity contribution in [3.05, 3.63) is 46.3 Å². The second kappa shape index (κ2) is 4.09. The van der Waals surface area contributed by atoms with Gasteiger partial charge in [-0.05, 0) is 12.1 Å². The molecule has 4 nitrogen and oxygen atoms in total. The fourth-order valence-corrected chi connectivity index (χ4v) is 2.21. The Morgan fingerprint density at radius 2 is 2.12 bits per heavy atom. The highest BCUT2D eigenvalue weighted by molar-refractivity contribution is 9.10. The Morgan fingerprint density at radius 1 is 1.24 bits per heavy atom. The zero-order chi connectivity index (χ0) is 11.8. The molecule has 0 aliphatic carbocycles. The van der Waals surface area contributed by atoms with Crippen LogP contribution in [0.2, 0.25) is 5.15 Å². The number of rotatable bonds is 1. The maximum absolute atomic E-state index is 5.95. The number of aromatic nitrogens is 4. The van der Waals surface area contributed by atoms with Crippen LogP contribution in [0.3, 0.4) is 0 Å². The Hall–Kier alpha value is -1.46. The predicted molar refractivity (Wildman–Crippen MR) is 68.9 cm³/mol. The summed E-state index contributed by atoms with van der Waals surface area (Å²) < 4.78 is 2.81. The van der Waals surface area contributed by atoms with Crippen LogP contribution in [-0.4, -0.2) is 19.6 Å². The molecule has 0 atom stereocenters. The van der Waals surface area contributed by atoms with E-state index in [1.165, 1.54) is 0 Å². The molecule has 0 bridgehead atoms. The van der Waals surface area contributed by atoms with Crippen molar-refractivity contribution in [3.63, 3.8) is 0 Å². The molecule has 6 heteroatoms. The largest absolute Gasteiger partial charge is 0.278 e. The van der Waals surface area contributed by atoms with Crippen LogP contribution in [0.5, 0.6) is 0 Å². The van der Waals surface area contributed by atoms with Gasteiger partial charge in [-0.25, -0.2) is 4.98 Å². The smallest absolute Gasteiger partial charge is 0.198 e. The zero-order valence-corrected chi connectivity index (χ0v) is 10.9. The molecule has 0 saturated heterocycles. The summed E-state index contributed by atoms with van der Waals surface area (Å²) >= 11 is 9.38. The molecule has 2 aromatic heterocycles. The fourth-order valence-electron chi connectivity index (χ4n) is 1.62. The van der Waals surface area contributed by atoms with E-state index in [0.29, 0.717) is 10.8 Å². The molecule has 0 fully saturated rings. The minimum atomic E-state index is 0.348. The van der Waals surface area contributed by atoms with Crippen molar-refractivity contribution in [2.45, 2.75) is 0 Å². The summed E-state index contributed by atoms with van der Waals surface area (Å²) in [5.41, 5.74) is 1.53. The van der Waals surface area contributed by atoms with Gasteiger partial charge in [-0.1, -0.05) is 39.7 Å². The van der Waals surface area contributed by atoms with Gasteiger partial charge in [0.05, 0.1) is 0 Å². The normalized spacial score (nSPS) is 10.9. The fraction of sp³-hybridized carbons (Fsp3) is 0. The zero-order valence-electron chi connectivity index (χ0n) is 8.51. The third kappa shape index (κ3) is 1.81. The summed E-state index contributed by atoms with van der Waals surface area (Å²) in [6.07, 6.45) is 3.41. The Morgan fingerprint density at radius 3 is 2.94 bits per heavy atom. The number of benzene rings is 1. The average molecular weight is 310 g/mol. The summed E-state index contributed by atoms with van der Waals surface area (Å²) in [5, 5.41) is 8.51. The minimum absolute atomic E-state index is 0.348. The monoisotopic (exact) mass is 308 g/mol. The van der Waals surface area contributed by atoms with Gasteiger partial charge in [0.2, 0.25) is 0 Å². The lowest BCUT2D eigenvalue weighted by Gasteiger charge is -2.00. The van der Waals surface area contributed by atoms with Gasteiger partial charge < -0.3 is 0 Å². The first-order chi connectivity index (χ1) is 8.25. The van der Waals surface area contributed by atoms with Crippen LogP contribution >= 0.6 is 27.5 Å². The summed E-state index contributed by atoms with van der Waals surface area (Å²) in [6, 6.07) is 7.85. The third-order valence-electron chi connectivity index (χ3n) is 2.37. The maximum atomic E-state index is 5.95. The Balaban J connectivity index is 2.28. The Kier molecular flexibility index (Phi) is 2.57. The molecule has 0 aliphatic heterocycles. The van der Waals surface area contributed by atoms with Gasteiger partial charge in [0, 0.05) is 22.4 Å². The predicted octanol–water partition coefficient (Wildman–Crippen LogP) is 3.21. The highest BCUT2D eigenvalue weighted by Crippen LogP contribution is 2.23. The van der Waals surface area contributed by atoms with Crippen molar-refractivity contribution >= 4 is 33.2 Å². The molecule has 0 unspecified atom stereocenters. The van der Waals surface area contributed by atoms with E-state index in [9.17, 15) is 0 Å². The number of hydrogen-bond acceptors (Lipinski definition) is 3. The maximum Gasteiger partial charge on any atom is 0.198 e. The molecule has 84 valence electrons. The topological polar surface area (TPSA) is 43.1 Å². The highest BCUT2D eigenvalue weighted by Gasteiger charge is 2.10. The number of fused-ring (bicyclic) bond motifs is 1. The van der Waals surface area contributed by atoms with Gasteiger partial charge in [0.25, 0.3) is 0 Å². The van der Waals surface area contributed by atoms with E-state index in [4.69, 9.17) is 11.6 Å². The van der Waals surface area contributed by atoms with E-state index in [1.54, 1.807) is 12.4 Å². The van der Waals surface area contributed by atoms with E-state index in [0.717, 1.165) is 15.9 Å². The third-order valence-corrected chi connectivity index (χ3v) is 3.13. The lowest BCUT2D eigenvalue weighted by Crippen LogP contribution is -1.90. The molecule has 0 aliphatic rings. The van der Waals surface area contributed by atoms with Crippen molar-refractivity contribution < 1.29 is 0 Å². The lowest BCUT2D eigenvalue weighted by molar-refractivity contribution is 1.11. The van der Waals surface area contributed by atoms with Crippen LogP contribution in [0.15, 0.2) is 41.1 Å². The van der Waals surface area contributed by atoms with E-state index in [1.807, 2.05) is 28.7 Å². The molecule has 0 N–H and O–H groups in total. The molecule has 3 rings (SSSR count). The van der Waals surface area contributed by atoms with Crippen molar-refractivity contribution in [2.75, 3.05) is 0 Å². The van der Waals surface area contributed by atoms with Gasteiger partial charge in [-0.15, -0.1) is 10.2 Å².